The van der Waals surface area contributed by atoms with E-state index in [1.54, 1.807) is 43.3 Å². The Bertz CT molecular complexity index is 1180. The minimum absolute atomic E-state index is 0.0510. The van der Waals surface area contributed by atoms with Crippen LogP contribution >= 0.6 is 0 Å². The van der Waals surface area contributed by atoms with Crippen LogP contribution in [-0.4, -0.2) is 6.61 Å². The Labute approximate surface area is 204 Å². The van der Waals surface area contributed by atoms with Gasteiger partial charge >= 0.3 is 0 Å². The van der Waals surface area contributed by atoms with Gasteiger partial charge in [-0.05, 0) is 91.7 Å². The molecule has 4 rings (SSSR count). The fourth-order valence-corrected chi connectivity index (χ4v) is 4.93. The van der Waals surface area contributed by atoms with Crippen LogP contribution in [0.2, 0.25) is 0 Å². The second kappa shape index (κ2) is 11.1. The average Bonchev–Trinajstić information content (AvgIpc) is 2.88. The van der Waals surface area contributed by atoms with Crippen LogP contribution in [0.3, 0.4) is 0 Å². The Morgan fingerprint density at radius 3 is 2.17 bits per heavy atom. The van der Waals surface area contributed by atoms with E-state index >= 15 is 0 Å². The lowest BCUT2D eigenvalue weighted by atomic mass is 9.78. The van der Waals surface area contributed by atoms with Crippen LogP contribution in [0.1, 0.15) is 55.2 Å². The van der Waals surface area contributed by atoms with E-state index in [1.165, 1.54) is 12.1 Å². The van der Waals surface area contributed by atoms with Crippen molar-refractivity contribution in [2.24, 2.45) is 5.92 Å². The van der Waals surface area contributed by atoms with E-state index in [0.717, 1.165) is 31.2 Å². The van der Waals surface area contributed by atoms with Crippen LogP contribution in [0.25, 0.3) is 11.1 Å². The molecule has 3 aromatic carbocycles. The highest BCUT2D eigenvalue weighted by Crippen LogP contribution is 2.38. The van der Waals surface area contributed by atoms with Crippen LogP contribution in [0, 0.1) is 29.2 Å². The summed E-state index contributed by atoms with van der Waals surface area (Å²) in [7, 11) is 0. The first-order chi connectivity index (χ1) is 16.9. The average molecular weight is 483 g/mol. The number of hydrogen-bond donors (Lipinski definition) is 0. The van der Waals surface area contributed by atoms with Crippen molar-refractivity contribution >= 4 is 0 Å². The smallest absolute Gasteiger partial charge is 0.201 e. The molecule has 0 aromatic heterocycles. The predicted molar refractivity (Wildman–Crippen MR) is 132 cm³/mol. The highest BCUT2D eigenvalue weighted by atomic mass is 19.2. The van der Waals surface area contributed by atoms with Gasteiger partial charge in [0, 0.05) is 5.56 Å². The predicted octanol–water partition coefficient (Wildman–Crippen LogP) is 8.55. The Balaban J connectivity index is 1.43. The third kappa shape index (κ3) is 5.44. The van der Waals surface area contributed by atoms with Gasteiger partial charge in [0.05, 0.1) is 6.61 Å². The van der Waals surface area contributed by atoms with Crippen molar-refractivity contribution in [2.45, 2.75) is 51.4 Å². The summed E-state index contributed by atoms with van der Waals surface area (Å²) in [5.41, 5.74) is 2.38. The number of ether oxygens (including phenoxy) is 1. The molecular weight excluding hydrogens is 452 g/mol. The zero-order valence-corrected chi connectivity index (χ0v) is 19.9. The molecule has 0 radical (unpaired) electrons. The molecule has 3 aromatic rings. The van der Waals surface area contributed by atoms with E-state index in [-0.39, 0.29) is 23.8 Å². The number of aryl methyl sites for hydroxylation is 2. The van der Waals surface area contributed by atoms with Gasteiger partial charge in [0.1, 0.15) is 0 Å². The molecule has 0 unspecified atom stereocenters. The molecule has 5 heteroatoms. The minimum atomic E-state index is -1.01. The summed E-state index contributed by atoms with van der Waals surface area (Å²) < 4.78 is 63.5. The van der Waals surface area contributed by atoms with Gasteiger partial charge in [-0.1, -0.05) is 42.5 Å². The van der Waals surface area contributed by atoms with Gasteiger partial charge in [-0.15, -0.1) is 6.58 Å². The monoisotopic (exact) mass is 482 g/mol. The maximum absolute atomic E-state index is 14.9. The van der Waals surface area contributed by atoms with Crippen molar-refractivity contribution < 1.29 is 22.3 Å². The first-order valence-corrected chi connectivity index (χ1v) is 12.2. The largest absolute Gasteiger partial charge is 0.491 e. The molecule has 0 spiro atoms. The van der Waals surface area contributed by atoms with Crippen molar-refractivity contribution in [1.82, 2.24) is 0 Å². The summed E-state index contributed by atoms with van der Waals surface area (Å²) in [6.07, 6.45) is 6.41. The third-order valence-electron chi connectivity index (χ3n) is 7.03. The lowest BCUT2D eigenvalue weighted by Crippen LogP contribution is -2.14. The molecule has 0 amide bonds. The van der Waals surface area contributed by atoms with Crippen LogP contribution in [0.4, 0.5) is 17.6 Å². The van der Waals surface area contributed by atoms with Crippen molar-refractivity contribution in [1.29, 1.82) is 0 Å². The summed E-state index contributed by atoms with van der Waals surface area (Å²) in [6.45, 7) is 5.78. The van der Waals surface area contributed by atoms with E-state index < -0.39 is 23.3 Å². The molecule has 0 bridgehead atoms. The molecule has 184 valence electrons. The van der Waals surface area contributed by atoms with E-state index in [4.69, 9.17) is 4.74 Å². The van der Waals surface area contributed by atoms with E-state index in [9.17, 15) is 17.6 Å². The van der Waals surface area contributed by atoms with Gasteiger partial charge in [-0.25, -0.2) is 13.2 Å². The topological polar surface area (TPSA) is 9.23 Å². The highest BCUT2D eigenvalue weighted by Gasteiger charge is 2.25. The fourth-order valence-electron chi connectivity index (χ4n) is 4.93. The molecule has 1 nitrogen and oxygen atoms in total. The molecule has 0 saturated heterocycles. The molecule has 1 aliphatic carbocycles. The molecule has 1 fully saturated rings. The van der Waals surface area contributed by atoms with Gasteiger partial charge < -0.3 is 4.74 Å². The zero-order chi connectivity index (χ0) is 24.9. The zero-order valence-electron chi connectivity index (χ0n) is 19.9. The molecule has 0 aliphatic heterocycles. The molecule has 0 atom stereocenters. The summed E-state index contributed by atoms with van der Waals surface area (Å²) in [6, 6.07) is 13.3. The summed E-state index contributed by atoms with van der Waals surface area (Å²) in [5, 5.41) is 0. The van der Waals surface area contributed by atoms with Gasteiger partial charge in [0.25, 0.3) is 0 Å². The number of halogens is 4. The molecule has 1 aliphatic rings. The third-order valence-corrected chi connectivity index (χ3v) is 7.03. The quantitative estimate of drug-likeness (QED) is 0.231. The van der Waals surface area contributed by atoms with E-state index in [0.29, 0.717) is 35.4 Å². The summed E-state index contributed by atoms with van der Waals surface area (Å²) in [5.74, 6) is -3.06. The number of benzene rings is 3. The van der Waals surface area contributed by atoms with E-state index in [1.807, 2.05) is 6.08 Å². The maximum Gasteiger partial charge on any atom is 0.201 e. The first-order valence-electron chi connectivity index (χ1n) is 12.2. The van der Waals surface area contributed by atoms with Crippen LogP contribution in [-0.2, 0) is 12.8 Å². The van der Waals surface area contributed by atoms with Gasteiger partial charge in [0.2, 0.25) is 5.82 Å². The highest BCUT2D eigenvalue weighted by molar-refractivity contribution is 5.65. The maximum atomic E-state index is 14.9. The first kappa shape index (κ1) is 25.0. The fraction of sp³-hybridized carbons (Fsp3) is 0.333. The molecule has 35 heavy (non-hydrogen) atoms. The Morgan fingerprint density at radius 1 is 0.800 bits per heavy atom. The minimum Gasteiger partial charge on any atom is -0.491 e. The van der Waals surface area contributed by atoms with Crippen molar-refractivity contribution in [3.63, 3.8) is 0 Å². The van der Waals surface area contributed by atoms with E-state index in [2.05, 4.69) is 6.58 Å². The Kier molecular flexibility index (Phi) is 7.94. The second-order valence-electron chi connectivity index (χ2n) is 9.16. The van der Waals surface area contributed by atoms with Gasteiger partial charge in [-0.2, -0.15) is 4.39 Å². The van der Waals surface area contributed by atoms with Gasteiger partial charge in [0.15, 0.2) is 23.2 Å². The number of hydrogen-bond acceptors (Lipinski definition) is 1. The van der Waals surface area contributed by atoms with Crippen molar-refractivity contribution in [3.05, 3.63) is 101 Å². The van der Waals surface area contributed by atoms with Crippen LogP contribution in [0.15, 0.2) is 61.2 Å². The SMILES string of the molecule is C=CC1CCC(c2ccc(CCc3ccc(-c4ccc(OCC)c(F)c4F)cc3)c(F)c2F)CC1. The van der Waals surface area contributed by atoms with Crippen molar-refractivity contribution in [2.75, 3.05) is 6.61 Å². The van der Waals surface area contributed by atoms with Crippen LogP contribution < -0.4 is 4.74 Å². The molecule has 1 saturated carbocycles. The summed E-state index contributed by atoms with van der Waals surface area (Å²) in [4.78, 5) is 0. The molecular formula is C30H30F4O. The standard InChI is InChI=1S/C30H30F4O/c1-3-19-5-10-21(11-6-19)24-16-15-23(27(31)28(24)32)14-9-20-7-12-22(13-8-20)25-17-18-26(35-4-2)30(34)29(25)33/h3,7-8,12-13,15-19,21H,1,4-6,9-11,14H2,2H3. The van der Waals surface area contributed by atoms with Gasteiger partial charge in [-0.3, -0.25) is 0 Å². The normalized spacial score (nSPS) is 17.9. The number of allylic oxidation sites excluding steroid dienone is 1. The van der Waals surface area contributed by atoms with Crippen LogP contribution in [0.5, 0.6) is 5.75 Å². The number of rotatable bonds is 8. The Hall–Kier alpha value is -3.08. The lowest BCUT2D eigenvalue weighted by Gasteiger charge is -2.27. The molecule has 0 N–H and O–H groups in total. The second-order valence-corrected chi connectivity index (χ2v) is 9.16. The summed E-state index contributed by atoms with van der Waals surface area (Å²) >= 11 is 0. The molecule has 0 heterocycles. The van der Waals surface area contributed by atoms with Crippen molar-refractivity contribution in [3.8, 4) is 16.9 Å². The Morgan fingerprint density at radius 2 is 1.51 bits per heavy atom. The lowest BCUT2D eigenvalue weighted by molar-refractivity contribution is 0.314.